The molecule has 4 nitrogen and oxygen atoms in total. The normalized spacial score (nSPS) is 13.1. The van der Waals surface area contributed by atoms with Crippen molar-refractivity contribution >= 4 is 5.91 Å². The molecule has 3 N–H and O–H groups in total. The zero-order valence-corrected chi connectivity index (χ0v) is 36.1. The fraction of sp³-hybridized carbons (Fsp3) is 0.898. The van der Waals surface area contributed by atoms with Crippen molar-refractivity contribution in [2.24, 2.45) is 0 Å². The SMILES string of the molecule is CCCCCCCCCC/C=C\CCCCCCCCCCCC(=O)NC(CO)C(O)/C=C/CCCCCCCCCCCCCCCCCCCC. The van der Waals surface area contributed by atoms with Crippen LogP contribution < -0.4 is 5.32 Å². The molecule has 314 valence electrons. The highest BCUT2D eigenvalue weighted by Gasteiger charge is 2.18. The molecule has 53 heavy (non-hydrogen) atoms. The van der Waals surface area contributed by atoms with Crippen molar-refractivity contribution in [2.45, 2.75) is 276 Å². The Morgan fingerprint density at radius 1 is 0.434 bits per heavy atom. The fourth-order valence-electron chi connectivity index (χ4n) is 7.47. The van der Waals surface area contributed by atoms with Crippen molar-refractivity contribution in [2.75, 3.05) is 6.61 Å². The van der Waals surface area contributed by atoms with Crippen LogP contribution >= 0.6 is 0 Å². The van der Waals surface area contributed by atoms with Crippen LogP contribution in [0.2, 0.25) is 0 Å². The summed E-state index contributed by atoms with van der Waals surface area (Å²) in [4.78, 5) is 12.4. The van der Waals surface area contributed by atoms with Gasteiger partial charge in [0.1, 0.15) is 0 Å². The number of allylic oxidation sites excluding steroid dienone is 3. The number of carbonyl (C=O) groups is 1. The first-order valence-corrected chi connectivity index (χ1v) is 24.1. The second-order valence-corrected chi connectivity index (χ2v) is 16.5. The summed E-state index contributed by atoms with van der Waals surface area (Å²) in [6.45, 7) is 4.33. The third-order valence-corrected chi connectivity index (χ3v) is 11.2. The number of aliphatic hydroxyl groups excluding tert-OH is 2. The van der Waals surface area contributed by atoms with Crippen molar-refractivity contribution in [3.8, 4) is 0 Å². The molecule has 0 saturated carbocycles. The van der Waals surface area contributed by atoms with E-state index in [0.717, 1.165) is 25.7 Å². The number of aliphatic hydroxyl groups is 2. The van der Waals surface area contributed by atoms with E-state index in [-0.39, 0.29) is 12.5 Å². The molecule has 0 aromatic rings. The molecule has 2 atom stereocenters. The van der Waals surface area contributed by atoms with Crippen molar-refractivity contribution in [1.29, 1.82) is 0 Å². The van der Waals surface area contributed by atoms with Gasteiger partial charge in [0.15, 0.2) is 0 Å². The zero-order chi connectivity index (χ0) is 38.6. The predicted molar refractivity (Wildman–Crippen MR) is 235 cm³/mol. The van der Waals surface area contributed by atoms with Crippen LogP contribution in [0.15, 0.2) is 24.3 Å². The Morgan fingerprint density at radius 3 is 1.04 bits per heavy atom. The predicted octanol–water partition coefficient (Wildman–Crippen LogP) is 15.2. The summed E-state index contributed by atoms with van der Waals surface area (Å²) >= 11 is 0. The monoisotopic (exact) mass is 746 g/mol. The topological polar surface area (TPSA) is 69.6 Å². The summed E-state index contributed by atoms with van der Waals surface area (Å²) in [6.07, 6.45) is 58.7. The zero-order valence-electron chi connectivity index (χ0n) is 36.1. The highest BCUT2D eigenvalue weighted by Crippen LogP contribution is 2.16. The van der Waals surface area contributed by atoms with E-state index in [9.17, 15) is 15.0 Å². The van der Waals surface area contributed by atoms with E-state index in [1.54, 1.807) is 6.08 Å². The van der Waals surface area contributed by atoms with Crippen LogP contribution in [-0.2, 0) is 4.79 Å². The van der Waals surface area contributed by atoms with Crippen LogP contribution in [-0.4, -0.2) is 34.9 Å². The summed E-state index contributed by atoms with van der Waals surface area (Å²) in [5.41, 5.74) is 0. The minimum atomic E-state index is -0.838. The second kappa shape index (κ2) is 45.3. The van der Waals surface area contributed by atoms with Gasteiger partial charge in [-0.3, -0.25) is 4.79 Å². The number of nitrogens with one attached hydrogen (secondary N) is 1. The maximum absolute atomic E-state index is 12.4. The Bertz CT molecular complexity index is 765. The van der Waals surface area contributed by atoms with Gasteiger partial charge in [0, 0.05) is 6.42 Å². The van der Waals surface area contributed by atoms with Crippen molar-refractivity contribution < 1.29 is 15.0 Å². The van der Waals surface area contributed by atoms with Crippen LogP contribution in [0.3, 0.4) is 0 Å². The molecule has 0 bridgehead atoms. The number of amides is 1. The highest BCUT2D eigenvalue weighted by molar-refractivity contribution is 5.76. The van der Waals surface area contributed by atoms with Gasteiger partial charge in [0.2, 0.25) is 5.91 Å². The Morgan fingerprint density at radius 2 is 0.717 bits per heavy atom. The number of unbranched alkanes of at least 4 members (excludes halogenated alkanes) is 35. The molecule has 4 heteroatoms. The summed E-state index contributed by atoms with van der Waals surface area (Å²) < 4.78 is 0. The Kier molecular flexibility index (Phi) is 44.3. The molecule has 0 heterocycles. The molecule has 0 aliphatic carbocycles. The maximum Gasteiger partial charge on any atom is 0.220 e. The average Bonchev–Trinajstić information content (AvgIpc) is 3.16. The molecule has 0 fully saturated rings. The van der Waals surface area contributed by atoms with Gasteiger partial charge >= 0.3 is 0 Å². The molecule has 0 aliphatic rings. The van der Waals surface area contributed by atoms with Crippen LogP contribution in [0.5, 0.6) is 0 Å². The Labute approximate surface area is 332 Å². The van der Waals surface area contributed by atoms with Crippen LogP contribution in [0, 0.1) is 0 Å². The fourth-order valence-corrected chi connectivity index (χ4v) is 7.47. The Balaban J connectivity index is 3.53. The molecular weight excluding hydrogens is 651 g/mol. The molecule has 0 saturated heterocycles. The third kappa shape index (κ3) is 41.9. The molecular formula is C49H95NO3. The smallest absolute Gasteiger partial charge is 0.220 e. The third-order valence-electron chi connectivity index (χ3n) is 11.2. The van der Waals surface area contributed by atoms with Gasteiger partial charge in [-0.1, -0.05) is 237 Å². The van der Waals surface area contributed by atoms with Gasteiger partial charge in [0.25, 0.3) is 0 Å². The lowest BCUT2D eigenvalue weighted by atomic mass is 10.0. The van der Waals surface area contributed by atoms with Crippen molar-refractivity contribution in [3.63, 3.8) is 0 Å². The van der Waals surface area contributed by atoms with Crippen molar-refractivity contribution in [1.82, 2.24) is 5.32 Å². The van der Waals surface area contributed by atoms with E-state index in [2.05, 4.69) is 31.3 Å². The largest absolute Gasteiger partial charge is 0.394 e. The van der Waals surface area contributed by atoms with E-state index < -0.39 is 12.1 Å². The molecule has 1 amide bonds. The van der Waals surface area contributed by atoms with Crippen LogP contribution in [0.1, 0.15) is 264 Å². The quantitative estimate of drug-likeness (QED) is 0.0430. The molecule has 0 spiro atoms. The number of carbonyl (C=O) groups excluding carboxylic acids is 1. The van der Waals surface area contributed by atoms with E-state index >= 15 is 0 Å². The van der Waals surface area contributed by atoms with Gasteiger partial charge in [-0.2, -0.15) is 0 Å². The van der Waals surface area contributed by atoms with E-state index in [1.165, 1.54) is 218 Å². The average molecular weight is 746 g/mol. The van der Waals surface area contributed by atoms with E-state index in [0.29, 0.717) is 6.42 Å². The van der Waals surface area contributed by atoms with E-state index in [4.69, 9.17) is 0 Å². The summed E-state index contributed by atoms with van der Waals surface area (Å²) in [6, 6.07) is -0.621. The molecule has 0 aliphatic heterocycles. The highest BCUT2D eigenvalue weighted by atomic mass is 16.3. The first-order valence-electron chi connectivity index (χ1n) is 24.1. The summed E-state index contributed by atoms with van der Waals surface area (Å²) in [5.74, 6) is -0.0631. The summed E-state index contributed by atoms with van der Waals surface area (Å²) in [5, 5.41) is 23.1. The first kappa shape index (κ1) is 51.9. The lowest BCUT2D eigenvalue weighted by molar-refractivity contribution is -0.123. The van der Waals surface area contributed by atoms with Gasteiger partial charge in [-0.25, -0.2) is 0 Å². The molecule has 0 rings (SSSR count). The standard InChI is InChI=1S/C49H95NO3/c1-3-5-7-9-11-13-15-17-19-21-23-25-27-29-31-33-35-37-39-41-43-45-49(53)50-47(46-51)48(52)44-42-40-38-36-34-32-30-28-26-24-22-20-18-16-14-12-10-8-6-4-2/h21,23,42,44,47-48,51-52H,3-20,22,24-41,43,45-46H2,1-2H3,(H,50,53)/b23-21-,44-42+. The van der Waals surface area contributed by atoms with Gasteiger partial charge in [-0.05, 0) is 44.9 Å². The minimum absolute atomic E-state index is 0.0631. The van der Waals surface area contributed by atoms with Gasteiger partial charge in [0.05, 0.1) is 18.8 Å². The number of hydrogen-bond donors (Lipinski definition) is 3. The minimum Gasteiger partial charge on any atom is -0.394 e. The summed E-state index contributed by atoms with van der Waals surface area (Å²) in [7, 11) is 0. The molecule has 0 aromatic heterocycles. The number of rotatable bonds is 44. The lowest BCUT2D eigenvalue weighted by Crippen LogP contribution is -2.45. The second-order valence-electron chi connectivity index (χ2n) is 16.5. The Hall–Kier alpha value is -1.13. The van der Waals surface area contributed by atoms with E-state index in [1.807, 2.05) is 6.08 Å². The van der Waals surface area contributed by atoms with Gasteiger partial charge in [-0.15, -0.1) is 0 Å². The van der Waals surface area contributed by atoms with Crippen LogP contribution in [0.25, 0.3) is 0 Å². The molecule has 0 aromatic carbocycles. The maximum atomic E-state index is 12.4. The lowest BCUT2D eigenvalue weighted by Gasteiger charge is -2.20. The van der Waals surface area contributed by atoms with Crippen molar-refractivity contribution in [3.05, 3.63) is 24.3 Å². The number of hydrogen-bond acceptors (Lipinski definition) is 3. The van der Waals surface area contributed by atoms with Gasteiger partial charge < -0.3 is 15.5 Å². The molecule has 0 radical (unpaired) electrons. The first-order chi connectivity index (χ1) is 26.2. The van der Waals surface area contributed by atoms with Crippen LogP contribution in [0.4, 0.5) is 0 Å². The molecule has 2 unspecified atom stereocenters.